The minimum Gasteiger partial charge on any atom is -0.376 e. The molecule has 0 fully saturated rings. The van der Waals surface area contributed by atoms with E-state index in [0.29, 0.717) is 0 Å². The molecule has 5 aromatic carbocycles. The average molecular weight is 576 g/mol. The number of allylic oxidation sites excluding steroid dienone is 4. The predicted molar refractivity (Wildman–Crippen MR) is 188 cm³/mol. The van der Waals surface area contributed by atoms with E-state index in [9.17, 15) is 0 Å². The summed E-state index contributed by atoms with van der Waals surface area (Å²) in [5.41, 5.74) is 14.7. The molecule has 0 saturated carbocycles. The summed E-state index contributed by atoms with van der Waals surface area (Å²) in [5, 5.41) is 0.727. The number of nitrogens with zero attached hydrogens (tertiary/aromatic N) is 1. The predicted octanol–water partition coefficient (Wildman–Crippen LogP) is 10.0. The fourth-order valence-electron chi connectivity index (χ4n) is 6.38. The van der Waals surface area contributed by atoms with Crippen LogP contribution in [0.4, 0.5) is 5.69 Å². The molecule has 1 nitrogen and oxygen atoms in total. The van der Waals surface area contributed by atoms with Crippen molar-refractivity contribution in [2.24, 2.45) is 0 Å². The van der Waals surface area contributed by atoms with Crippen LogP contribution >= 0.6 is 11.6 Å². The van der Waals surface area contributed by atoms with Crippen LogP contribution < -0.4 is 10.3 Å². The first-order valence-corrected chi connectivity index (χ1v) is 15.2. The largest absolute Gasteiger partial charge is 0.376 e. The van der Waals surface area contributed by atoms with Crippen molar-refractivity contribution in [1.82, 2.24) is 0 Å². The van der Waals surface area contributed by atoms with Gasteiger partial charge in [-0.15, -0.1) is 0 Å². The van der Waals surface area contributed by atoms with Crippen LogP contribution in [0.25, 0.3) is 17.3 Å². The first-order valence-electron chi connectivity index (χ1n) is 14.8. The third-order valence-corrected chi connectivity index (χ3v) is 8.53. The minimum absolute atomic E-state index is 0.0865. The van der Waals surface area contributed by atoms with Gasteiger partial charge in [0.2, 0.25) is 0 Å². The van der Waals surface area contributed by atoms with Crippen molar-refractivity contribution in [3.63, 3.8) is 0 Å². The molecule has 1 aliphatic rings. The number of hydrogen-bond acceptors (Lipinski definition) is 1. The lowest BCUT2D eigenvalue weighted by Crippen LogP contribution is -2.52. The highest BCUT2D eigenvalue weighted by Crippen LogP contribution is 2.40. The lowest BCUT2D eigenvalue weighted by molar-refractivity contribution is 1.31. The Bertz CT molecular complexity index is 1830. The molecular formula is C40H35BClN. The van der Waals surface area contributed by atoms with Crippen LogP contribution in [-0.4, -0.2) is 6.85 Å². The molecule has 0 saturated heterocycles. The topological polar surface area (TPSA) is 3.24 Å². The Labute approximate surface area is 261 Å². The van der Waals surface area contributed by atoms with Crippen LogP contribution in [0.15, 0.2) is 139 Å². The van der Waals surface area contributed by atoms with Gasteiger partial charge in [0.25, 0.3) is 0 Å². The molecular weight excluding hydrogens is 541 g/mol. The molecule has 0 atom stereocenters. The third-order valence-electron chi connectivity index (χ3n) is 8.28. The summed E-state index contributed by atoms with van der Waals surface area (Å²) in [6.45, 7) is 8.81. The van der Waals surface area contributed by atoms with Crippen molar-refractivity contribution in [3.05, 3.63) is 183 Å². The Morgan fingerprint density at radius 2 is 1.23 bits per heavy atom. The molecule has 0 spiro atoms. The van der Waals surface area contributed by atoms with Gasteiger partial charge in [0.05, 0.1) is 0 Å². The summed E-state index contributed by atoms with van der Waals surface area (Å²) in [6.07, 6.45) is 6.97. The quantitative estimate of drug-likeness (QED) is 0.182. The Kier molecular flexibility index (Phi) is 8.23. The molecule has 0 aromatic heterocycles. The average Bonchev–Trinajstić information content (AvgIpc) is 3.01. The molecule has 0 aliphatic carbocycles. The second kappa shape index (κ2) is 12.4. The number of benzene rings is 5. The maximum absolute atomic E-state index is 6.44. The third kappa shape index (κ3) is 5.89. The van der Waals surface area contributed by atoms with Crippen molar-refractivity contribution >= 4 is 46.9 Å². The highest BCUT2D eigenvalue weighted by Gasteiger charge is 2.39. The Morgan fingerprint density at radius 3 is 1.88 bits per heavy atom. The zero-order valence-corrected chi connectivity index (χ0v) is 25.9. The zero-order chi connectivity index (χ0) is 29.9. The monoisotopic (exact) mass is 575 g/mol. The molecule has 0 amide bonds. The van der Waals surface area contributed by atoms with E-state index in [-0.39, 0.29) is 6.85 Å². The molecule has 0 unspecified atom stereocenters. The summed E-state index contributed by atoms with van der Waals surface area (Å²) in [6, 6.07) is 42.9. The van der Waals surface area contributed by atoms with E-state index in [0.717, 1.165) is 16.4 Å². The number of anilines is 1. The zero-order valence-electron chi connectivity index (χ0n) is 25.2. The van der Waals surface area contributed by atoms with Crippen molar-refractivity contribution in [2.75, 3.05) is 4.81 Å². The van der Waals surface area contributed by atoms with Crippen LogP contribution in [0.5, 0.6) is 0 Å². The Morgan fingerprint density at radius 1 is 0.628 bits per heavy atom. The maximum atomic E-state index is 6.44. The van der Waals surface area contributed by atoms with Crippen LogP contribution in [0.2, 0.25) is 5.02 Å². The van der Waals surface area contributed by atoms with Gasteiger partial charge in [-0.2, -0.15) is 0 Å². The fraction of sp³-hybridized carbons (Fsp3) is 0.100. The van der Waals surface area contributed by atoms with Gasteiger partial charge in [-0.3, -0.25) is 0 Å². The second-order valence-corrected chi connectivity index (χ2v) is 11.8. The molecule has 0 N–H and O–H groups in total. The molecule has 43 heavy (non-hydrogen) atoms. The molecule has 5 aromatic rings. The van der Waals surface area contributed by atoms with Crippen LogP contribution in [-0.2, 0) is 0 Å². The van der Waals surface area contributed by atoms with Gasteiger partial charge in [-0.25, -0.2) is 0 Å². The summed E-state index contributed by atoms with van der Waals surface area (Å²) in [7, 11) is 0. The van der Waals surface area contributed by atoms with Crippen LogP contribution in [0, 0.1) is 27.7 Å². The summed E-state index contributed by atoms with van der Waals surface area (Å²) in [5.74, 6) is 0. The number of hydrogen-bond donors (Lipinski definition) is 0. The lowest BCUT2D eigenvalue weighted by atomic mass is 9.43. The van der Waals surface area contributed by atoms with Crippen LogP contribution in [0.3, 0.4) is 0 Å². The molecule has 6 rings (SSSR count). The first kappa shape index (κ1) is 28.6. The highest BCUT2D eigenvalue weighted by atomic mass is 35.5. The van der Waals surface area contributed by atoms with Gasteiger partial charge in [0.15, 0.2) is 0 Å². The van der Waals surface area contributed by atoms with Gasteiger partial charge in [0, 0.05) is 16.4 Å². The van der Waals surface area contributed by atoms with E-state index in [1.807, 2.05) is 12.1 Å². The molecule has 0 bridgehead atoms. The van der Waals surface area contributed by atoms with Crippen molar-refractivity contribution < 1.29 is 0 Å². The molecule has 0 radical (unpaired) electrons. The van der Waals surface area contributed by atoms with E-state index in [2.05, 4.69) is 160 Å². The van der Waals surface area contributed by atoms with E-state index >= 15 is 0 Å². The number of rotatable bonds is 6. The molecule has 1 heterocycles. The van der Waals surface area contributed by atoms with Gasteiger partial charge in [-0.05, 0) is 96.8 Å². The summed E-state index contributed by atoms with van der Waals surface area (Å²) < 4.78 is 0. The van der Waals surface area contributed by atoms with Gasteiger partial charge in [0.1, 0.15) is 0 Å². The van der Waals surface area contributed by atoms with Crippen molar-refractivity contribution in [3.8, 4) is 0 Å². The van der Waals surface area contributed by atoms with Gasteiger partial charge in [-0.1, -0.05) is 138 Å². The number of halogens is 1. The Balaban J connectivity index is 1.74. The molecule has 210 valence electrons. The maximum Gasteiger partial charge on any atom is 0.329 e. The minimum atomic E-state index is -0.0865. The standard InChI is InChI=1S/C40H35BClN/c1-28-25-30(3)40(31(4)26-28)41-38(24-19-32-14-7-5-8-15-32)37(36-18-12-11-13-29(36)2)27-39(33-16-9-6-10-17-33)43(41)35-22-20-34(42)21-23-35/h5-27H,1-4H3/b24-19+. The smallest absolute Gasteiger partial charge is 0.329 e. The first-order chi connectivity index (χ1) is 20.9. The highest BCUT2D eigenvalue weighted by molar-refractivity contribution is 6.87. The van der Waals surface area contributed by atoms with E-state index < -0.39 is 0 Å². The molecule has 1 aliphatic heterocycles. The van der Waals surface area contributed by atoms with Gasteiger partial charge < -0.3 is 4.81 Å². The van der Waals surface area contributed by atoms with Crippen molar-refractivity contribution in [1.29, 1.82) is 0 Å². The van der Waals surface area contributed by atoms with Crippen molar-refractivity contribution in [2.45, 2.75) is 27.7 Å². The van der Waals surface area contributed by atoms with Crippen LogP contribution in [0.1, 0.15) is 38.9 Å². The SMILES string of the molecule is Cc1cc(C)c(B2C(/C=C/c3ccccc3)=C(c3ccccc3C)C=C(c3ccccc3)N2c2ccc(Cl)cc2)c(C)c1. The lowest BCUT2D eigenvalue weighted by Gasteiger charge is -2.40. The second-order valence-electron chi connectivity index (χ2n) is 11.4. The van der Waals surface area contributed by atoms with E-state index in [1.54, 1.807) is 0 Å². The fourth-order valence-corrected chi connectivity index (χ4v) is 6.51. The summed E-state index contributed by atoms with van der Waals surface area (Å²) >= 11 is 6.44. The number of aryl methyl sites for hydroxylation is 4. The normalized spacial score (nSPS) is 13.6. The Hall–Kier alpha value is -4.53. The van der Waals surface area contributed by atoms with E-state index in [1.165, 1.54) is 55.5 Å². The summed E-state index contributed by atoms with van der Waals surface area (Å²) in [4.78, 5) is 2.50. The van der Waals surface area contributed by atoms with Gasteiger partial charge >= 0.3 is 6.85 Å². The van der Waals surface area contributed by atoms with E-state index in [4.69, 9.17) is 11.6 Å². The molecule has 3 heteroatoms.